The predicted octanol–water partition coefficient (Wildman–Crippen LogP) is 4.42. The molecule has 0 saturated carbocycles. The number of thiophene rings is 1. The molecule has 0 amide bonds. The highest BCUT2D eigenvalue weighted by Gasteiger charge is 2.15. The fraction of sp³-hybridized carbons (Fsp3) is 0.167. The largest absolute Gasteiger partial charge is 0.309 e. The van der Waals surface area contributed by atoms with Gasteiger partial charge in [0.2, 0.25) is 0 Å². The van der Waals surface area contributed by atoms with E-state index in [2.05, 4.69) is 78.9 Å². The number of hydrogen-bond donors (Lipinski definition) is 1. The molecule has 84 valence electrons. The first kappa shape index (κ1) is 12.5. The zero-order chi connectivity index (χ0) is 11.5. The van der Waals surface area contributed by atoms with E-state index in [0.717, 1.165) is 0 Å². The highest BCUT2D eigenvalue weighted by Crippen LogP contribution is 2.31. The average molecular weight is 408 g/mol. The van der Waals surface area contributed by atoms with Crippen LogP contribution >= 0.6 is 49.9 Å². The summed E-state index contributed by atoms with van der Waals surface area (Å²) in [4.78, 5) is 0. The molecule has 1 unspecified atom stereocenters. The van der Waals surface area contributed by atoms with E-state index in [-0.39, 0.29) is 6.04 Å². The Hall–Kier alpha value is 0.0900. The van der Waals surface area contributed by atoms with Crippen molar-refractivity contribution in [3.63, 3.8) is 0 Å². The molecule has 0 aliphatic carbocycles. The summed E-state index contributed by atoms with van der Waals surface area (Å²) in [6.07, 6.45) is 0. The van der Waals surface area contributed by atoms with Gasteiger partial charge in [-0.3, -0.25) is 0 Å². The summed E-state index contributed by atoms with van der Waals surface area (Å²) in [6.45, 7) is 0. The zero-order valence-electron chi connectivity index (χ0n) is 8.71. The van der Waals surface area contributed by atoms with Crippen LogP contribution in [0.1, 0.15) is 17.2 Å². The second kappa shape index (κ2) is 5.62. The van der Waals surface area contributed by atoms with E-state index in [4.69, 9.17) is 0 Å². The highest BCUT2D eigenvalue weighted by molar-refractivity contribution is 14.1. The van der Waals surface area contributed by atoms with Gasteiger partial charge in [-0.15, -0.1) is 0 Å². The Bertz CT molecular complexity index is 483. The summed E-state index contributed by atoms with van der Waals surface area (Å²) in [7, 11) is 1.99. The van der Waals surface area contributed by atoms with Gasteiger partial charge in [0.15, 0.2) is 0 Å². The van der Waals surface area contributed by atoms with Gasteiger partial charge in [0.05, 0.1) is 6.04 Å². The van der Waals surface area contributed by atoms with E-state index in [1.165, 1.54) is 19.2 Å². The van der Waals surface area contributed by atoms with Crippen molar-refractivity contribution < 1.29 is 0 Å². The third-order valence-corrected chi connectivity index (χ3v) is 4.85. The second-order valence-electron chi connectivity index (χ2n) is 3.45. The van der Waals surface area contributed by atoms with Crippen molar-refractivity contribution in [2.75, 3.05) is 7.05 Å². The molecule has 1 nitrogen and oxygen atoms in total. The van der Waals surface area contributed by atoms with Gasteiger partial charge in [0.1, 0.15) is 0 Å². The van der Waals surface area contributed by atoms with E-state index in [9.17, 15) is 0 Å². The lowest BCUT2D eigenvalue weighted by Gasteiger charge is -2.16. The molecular formula is C12H11BrINS. The molecule has 1 atom stereocenters. The van der Waals surface area contributed by atoms with Crippen LogP contribution in [0.4, 0.5) is 0 Å². The smallest absolute Gasteiger partial charge is 0.0594 e. The summed E-state index contributed by atoms with van der Waals surface area (Å²) < 4.78 is 2.44. The quantitative estimate of drug-likeness (QED) is 0.742. The predicted molar refractivity (Wildman–Crippen MR) is 82.1 cm³/mol. The molecule has 0 spiro atoms. The van der Waals surface area contributed by atoms with E-state index in [1.54, 1.807) is 11.3 Å². The summed E-state index contributed by atoms with van der Waals surface area (Å²) in [5.41, 5.74) is 2.60. The van der Waals surface area contributed by atoms with Crippen molar-refractivity contribution >= 4 is 49.9 Å². The lowest BCUT2D eigenvalue weighted by Crippen LogP contribution is -2.17. The first-order valence-corrected chi connectivity index (χ1v) is 7.68. The van der Waals surface area contributed by atoms with Crippen LogP contribution in [0.2, 0.25) is 0 Å². The van der Waals surface area contributed by atoms with Crippen molar-refractivity contribution in [2.24, 2.45) is 0 Å². The molecule has 2 aromatic rings. The molecule has 1 N–H and O–H groups in total. The SMILES string of the molecule is CNC(c1cccc(I)c1)c1cscc1Br. The Morgan fingerprint density at radius 1 is 1.38 bits per heavy atom. The van der Waals surface area contributed by atoms with Crippen molar-refractivity contribution in [3.05, 3.63) is 54.2 Å². The Balaban J connectivity index is 2.40. The summed E-state index contributed by atoms with van der Waals surface area (Å²) >= 11 is 7.66. The molecular weight excluding hydrogens is 397 g/mol. The van der Waals surface area contributed by atoms with Gasteiger partial charge in [0, 0.05) is 13.4 Å². The first-order valence-electron chi connectivity index (χ1n) is 4.86. The van der Waals surface area contributed by atoms with Crippen molar-refractivity contribution in [2.45, 2.75) is 6.04 Å². The van der Waals surface area contributed by atoms with E-state index in [1.807, 2.05) is 7.05 Å². The van der Waals surface area contributed by atoms with Gasteiger partial charge in [-0.25, -0.2) is 0 Å². The van der Waals surface area contributed by atoms with Gasteiger partial charge in [0.25, 0.3) is 0 Å². The Kier molecular flexibility index (Phi) is 4.41. The van der Waals surface area contributed by atoms with Gasteiger partial charge >= 0.3 is 0 Å². The summed E-state index contributed by atoms with van der Waals surface area (Å²) in [5.74, 6) is 0. The zero-order valence-corrected chi connectivity index (χ0v) is 13.3. The normalized spacial score (nSPS) is 12.7. The monoisotopic (exact) mass is 407 g/mol. The Morgan fingerprint density at radius 3 is 2.75 bits per heavy atom. The number of hydrogen-bond acceptors (Lipinski definition) is 2. The molecule has 4 heteroatoms. The van der Waals surface area contributed by atoms with Crippen LogP contribution in [0.5, 0.6) is 0 Å². The van der Waals surface area contributed by atoms with Crippen LogP contribution < -0.4 is 5.32 Å². The maximum absolute atomic E-state index is 3.59. The summed E-state index contributed by atoms with van der Waals surface area (Å²) in [5, 5.41) is 7.67. The molecule has 0 radical (unpaired) electrons. The minimum absolute atomic E-state index is 0.260. The topological polar surface area (TPSA) is 12.0 Å². The molecule has 1 aromatic heterocycles. The summed E-state index contributed by atoms with van der Waals surface area (Å²) in [6, 6.07) is 8.84. The molecule has 2 rings (SSSR count). The number of nitrogens with one attached hydrogen (secondary N) is 1. The van der Waals surface area contributed by atoms with Gasteiger partial charge in [-0.2, -0.15) is 11.3 Å². The molecule has 1 aromatic carbocycles. The lowest BCUT2D eigenvalue weighted by molar-refractivity contribution is 0.691. The molecule has 0 aliphatic rings. The minimum Gasteiger partial charge on any atom is -0.309 e. The van der Waals surface area contributed by atoms with Crippen LogP contribution in [-0.4, -0.2) is 7.05 Å². The maximum atomic E-state index is 3.59. The third kappa shape index (κ3) is 2.67. The van der Waals surface area contributed by atoms with Crippen LogP contribution in [-0.2, 0) is 0 Å². The highest BCUT2D eigenvalue weighted by atomic mass is 127. The molecule has 1 heterocycles. The molecule has 0 aliphatic heterocycles. The van der Waals surface area contributed by atoms with Gasteiger partial charge in [-0.05, 0) is 74.2 Å². The minimum atomic E-state index is 0.260. The Labute approximate surface area is 122 Å². The van der Waals surface area contributed by atoms with Crippen molar-refractivity contribution in [1.82, 2.24) is 5.32 Å². The number of halogens is 2. The molecule has 0 bridgehead atoms. The number of rotatable bonds is 3. The molecule has 16 heavy (non-hydrogen) atoms. The molecule has 0 fully saturated rings. The van der Waals surface area contributed by atoms with Gasteiger partial charge in [-0.1, -0.05) is 12.1 Å². The van der Waals surface area contributed by atoms with E-state index < -0.39 is 0 Å². The fourth-order valence-corrected chi connectivity index (χ4v) is 3.80. The van der Waals surface area contributed by atoms with Crippen molar-refractivity contribution in [1.29, 1.82) is 0 Å². The van der Waals surface area contributed by atoms with Crippen LogP contribution in [0.25, 0.3) is 0 Å². The third-order valence-electron chi connectivity index (χ3n) is 2.42. The number of benzene rings is 1. The van der Waals surface area contributed by atoms with Crippen molar-refractivity contribution in [3.8, 4) is 0 Å². The van der Waals surface area contributed by atoms with E-state index in [0.29, 0.717) is 0 Å². The second-order valence-corrected chi connectivity index (χ2v) is 6.30. The van der Waals surface area contributed by atoms with Crippen LogP contribution in [0, 0.1) is 3.57 Å². The van der Waals surface area contributed by atoms with Crippen LogP contribution in [0.3, 0.4) is 0 Å². The average Bonchev–Trinajstić information content (AvgIpc) is 2.67. The first-order chi connectivity index (χ1) is 7.72. The van der Waals surface area contributed by atoms with Crippen LogP contribution in [0.15, 0.2) is 39.5 Å². The fourth-order valence-electron chi connectivity index (χ4n) is 1.69. The maximum Gasteiger partial charge on any atom is 0.0594 e. The standard InChI is InChI=1S/C12H11BrINS/c1-15-12(10-6-16-7-11(10)13)8-3-2-4-9(14)5-8/h2-7,12,15H,1H3. The lowest BCUT2D eigenvalue weighted by atomic mass is 10.0. The van der Waals surface area contributed by atoms with Gasteiger partial charge < -0.3 is 5.32 Å². The Morgan fingerprint density at radius 2 is 2.19 bits per heavy atom. The van der Waals surface area contributed by atoms with E-state index >= 15 is 0 Å². The molecule has 0 saturated heterocycles.